The molecule has 0 saturated carbocycles. The molecule has 1 aromatic rings. The number of rotatable bonds is 5. The third-order valence-corrected chi connectivity index (χ3v) is 4.17. The summed E-state index contributed by atoms with van der Waals surface area (Å²) in [5.74, 6) is -0.0441. The Balaban J connectivity index is 2.00. The number of hydrogen-bond acceptors (Lipinski definition) is 4. The van der Waals surface area contributed by atoms with E-state index >= 15 is 0 Å². The number of benzene rings is 1. The number of carbonyl (C=O) groups is 1. The van der Waals surface area contributed by atoms with Gasteiger partial charge >= 0.3 is 6.61 Å². The lowest BCUT2D eigenvalue weighted by Gasteiger charge is -2.27. The highest BCUT2D eigenvalue weighted by Crippen LogP contribution is 2.31. The van der Waals surface area contributed by atoms with Gasteiger partial charge in [0.25, 0.3) is 0 Å². The summed E-state index contributed by atoms with van der Waals surface area (Å²) in [6.45, 7) is 4.06. The van der Waals surface area contributed by atoms with E-state index in [2.05, 4.69) is 10.1 Å². The molecule has 3 N–H and O–H groups in total. The molecule has 134 valence electrons. The molecule has 1 saturated heterocycles. The van der Waals surface area contributed by atoms with Gasteiger partial charge in [-0.3, -0.25) is 4.79 Å². The van der Waals surface area contributed by atoms with E-state index < -0.39 is 12.7 Å². The Kier molecular flexibility index (Phi) is 5.64. The van der Waals surface area contributed by atoms with Gasteiger partial charge in [-0.1, -0.05) is 32.9 Å². The fourth-order valence-electron chi connectivity index (χ4n) is 2.70. The quantitative estimate of drug-likeness (QED) is 0.863. The largest absolute Gasteiger partial charge is 0.433 e. The van der Waals surface area contributed by atoms with Crippen LogP contribution in [0.1, 0.15) is 27.2 Å². The van der Waals surface area contributed by atoms with E-state index in [-0.39, 0.29) is 23.1 Å². The van der Waals surface area contributed by atoms with Gasteiger partial charge in [0.1, 0.15) is 5.75 Å². The molecule has 1 unspecified atom stereocenters. The molecule has 0 aliphatic carbocycles. The minimum atomic E-state index is -2.87. The highest BCUT2D eigenvalue weighted by molar-refractivity contribution is 5.82. The van der Waals surface area contributed by atoms with Crippen molar-refractivity contribution in [1.82, 2.24) is 5.32 Å². The van der Waals surface area contributed by atoms with Crippen molar-refractivity contribution in [2.75, 3.05) is 18.0 Å². The van der Waals surface area contributed by atoms with E-state index in [1.165, 1.54) is 6.07 Å². The van der Waals surface area contributed by atoms with Crippen molar-refractivity contribution < 1.29 is 18.3 Å². The van der Waals surface area contributed by atoms with E-state index in [4.69, 9.17) is 5.73 Å². The monoisotopic (exact) mass is 341 g/mol. The van der Waals surface area contributed by atoms with Crippen LogP contribution in [0.4, 0.5) is 14.5 Å². The Morgan fingerprint density at radius 2 is 2.04 bits per heavy atom. The molecule has 0 spiro atoms. The van der Waals surface area contributed by atoms with Gasteiger partial charge in [-0.25, -0.2) is 0 Å². The van der Waals surface area contributed by atoms with Gasteiger partial charge in [0.05, 0.1) is 11.7 Å². The van der Waals surface area contributed by atoms with Crippen LogP contribution in [0, 0.1) is 5.41 Å². The zero-order chi connectivity index (χ0) is 17.9. The normalized spacial score (nSPS) is 19.5. The van der Waals surface area contributed by atoms with Crippen molar-refractivity contribution in [1.29, 1.82) is 0 Å². The highest BCUT2D eigenvalue weighted by atomic mass is 19.3. The van der Waals surface area contributed by atoms with Crippen LogP contribution in [0.25, 0.3) is 0 Å². The van der Waals surface area contributed by atoms with Crippen LogP contribution in [0.15, 0.2) is 24.3 Å². The third-order valence-electron chi connectivity index (χ3n) is 4.17. The predicted molar refractivity (Wildman–Crippen MR) is 89.3 cm³/mol. The van der Waals surface area contributed by atoms with Gasteiger partial charge in [-0.15, -0.1) is 0 Å². The van der Waals surface area contributed by atoms with Crippen LogP contribution in [-0.2, 0) is 4.79 Å². The number of halogens is 2. The fraction of sp³-hybridized carbons (Fsp3) is 0.588. The molecule has 1 aromatic carbocycles. The molecular formula is C17H25F2N3O2. The van der Waals surface area contributed by atoms with E-state index in [1.807, 2.05) is 25.7 Å². The summed E-state index contributed by atoms with van der Waals surface area (Å²) in [4.78, 5) is 14.2. The maximum Gasteiger partial charge on any atom is 0.387 e. The minimum absolute atomic E-state index is 0.0643. The van der Waals surface area contributed by atoms with E-state index in [9.17, 15) is 13.6 Å². The number of nitrogens with one attached hydrogen (secondary N) is 1. The Labute approximate surface area is 141 Å². The van der Waals surface area contributed by atoms with Crippen molar-refractivity contribution in [3.05, 3.63) is 24.3 Å². The van der Waals surface area contributed by atoms with Gasteiger partial charge in [0.15, 0.2) is 0 Å². The van der Waals surface area contributed by atoms with Crippen molar-refractivity contribution in [3.8, 4) is 5.75 Å². The number of alkyl halides is 2. The molecule has 0 radical (unpaired) electrons. The first kappa shape index (κ1) is 18.4. The number of hydrogen-bond donors (Lipinski definition) is 2. The van der Waals surface area contributed by atoms with Crippen molar-refractivity contribution in [2.45, 2.75) is 45.9 Å². The van der Waals surface area contributed by atoms with Crippen molar-refractivity contribution >= 4 is 11.6 Å². The van der Waals surface area contributed by atoms with Gasteiger partial charge in [0.2, 0.25) is 5.91 Å². The van der Waals surface area contributed by atoms with Gasteiger partial charge in [-0.2, -0.15) is 8.78 Å². The average molecular weight is 341 g/mol. The molecule has 0 aromatic heterocycles. The van der Waals surface area contributed by atoms with Gasteiger partial charge < -0.3 is 20.7 Å². The molecule has 0 bridgehead atoms. The Hall–Kier alpha value is -1.89. The lowest BCUT2D eigenvalue weighted by Crippen LogP contribution is -2.51. The van der Waals surface area contributed by atoms with Crippen LogP contribution in [0.2, 0.25) is 0 Å². The lowest BCUT2D eigenvalue weighted by molar-refractivity contribution is -0.125. The Morgan fingerprint density at radius 3 is 2.67 bits per heavy atom. The summed E-state index contributed by atoms with van der Waals surface area (Å²) in [5, 5.41) is 2.95. The van der Waals surface area contributed by atoms with Crippen molar-refractivity contribution in [2.24, 2.45) is 11.1 Å². The molecule has 1 amide bonds. The van der Waals surface area contributed by atoms with Crippen molar-refractivity contribution in [3.63, 3.8) is 0 Å². The number of amides is 1. The molecule has 1 aliphatic heterocycles. The molecule has 7 heteroatoms. The summed E-state index contributed by atoms with van der Waals surface area (Å²) in [6, 6.07) is 6.02. The van der Waals surface area contributed by atoms with Crippen LogP contribution in [0.3, 0.4) is 0 Å². The van der Waals surface area contributed by atoms with Gasteiger partial charge in [0, 0.05) is 19.1 Å². The van der Waals surface area contributed by atoms with E-state index in [0.29, 0.717) is 18.8 Å². The number of anilines is 1. The standard InChI is InChI=1S/C17H25F2N3O2/c1-17(2,3)14(20)15(23)21-11-8-9-22(10-11)12-6-4-5-7-13(12)24-16(18)19/h4-7,11,14,16H,8-10,20H2,1-3H3,(H,21,23)/t11?,14-/m1/s1. The molecule has 2 atom stereocenters. The Morgan fingerprint density at radius 1 is 1.38 bits per heavy atom. The maximum atomic E-state index is 12.5. The molecule has 5 nitrogen and oxygen atoms in total. The maximum absolute atomic E-state index is 12.5. The van der Waals surface area contributed by atoms with Crippen LogP contribution in [0.5, 0.6) is 5.75 Å². The second-order valence-electron chi connectivity index (χ2n) is 7.13. The SMILES string of the molecule is CC(C)(C)[C@H](N)C(=O)NC1CCN(c2ccccc2OC(F)F)C1. The molecular weight excluding hydrogens is 316 g/mol. The molecule has 1 aliphatic rings. The van der Waals surface area contributed by atoms with Crippen LogP contribution >= 0.6 is 0 Å². The first-order chi connectivity index (χ1) is 11.2. The summed E-state index contributed by atoms with van der Waals surface area (Å²) in [6.07, 6.45) is 0.728. The fourth-order valence-corrected chi connectivity index (χ4v) is 2.70. The summed E-state index contributed by atoms with van der Waals surface area (Å²) < 4.78 is 29.6. The summed E-state index contributed by atoms with van der Waals surface area (Å²) >= 11 is 0. The number of carbonyl (C=O) groups excluding carboxylic acids is 1. The first-order valence-electron chi connectivity index (χ1n) is 8.03. The van der Waals surface area contributed by atoms with Crippen LogP contribution in [-0.4, -0.2) is 37.7 Å². The lowest BCUT2D eigenvalue weighted by atomic mass is 9.87. The molecule has 24 heavy (non-hydrogen) atoms. The van der Waals surface area contributed by atoms with Gasteiger partial charge in [-0.05, 0) is 24.0 Å². The average Bonchev–Trinajstić information content (AvgIpc) is 2.93. The van der Waals surface area contributed by atoms with E-state index in [0.717, 1.165) is 6.42 Å². The molecule has 1 fully saturated rings. The van der Waals surface area contributed by atoms with E-state index in [1.54, 1.807) is 18.2 Å². The molecule has 1 heterocycles. The zero-order valence-electron chi connectivity index (χ0n) is 14.3. The minimum Gasteiger partial charge on any atom is -0.433 e. The summed E-state index contributed by atoms with van der Waals surface area (Å²) in [5.41, 5.74) is 6.25. The smallest absolute Gasteiger partial charge is 0.387 e. The zero-order valence-corrected chi connectivity index (χ0v) is 14.3. The second-order valence-corrected chi connectivity index (χ2v) is 7.13. The second kappa shape index (κ2) is 7.34. The highest BCUT2D eigenvalue weighted by Gasteiger charge is 2.31. The predicted octanol–water partition coefficient (Wildman–Crippen LogP) is 2.36. The number of para-hydroxylation sites is 2. The van der Waals surface area contributed by atoms with Crippen LogP contribution < -0.4 is 20.7 Å². The number of nitrogens with zero attached hydrogens (tertiary/aromatic N) is 1. The molecule has 2 rings (SSSR count). The first-order valence-corrected chi connectivity index (χ1v) is 8.03. The number of ether oxygens (including phenoxy) is 1. The third kappa shape index (κ3) is 4.56. The Bertz CT molecular complexity index is 575. The number of nitrogens with two attached hydrogens (primary N) is 1. The topological polar surface area (TPSA) is 67.6 Å². The summed E-state index contributed by atoms with van der Waals surface area (Å²) in [7, 11) is 0.